The third-order valence-corrected chi connectivity index (χ3v) is 5.29. The van der Waals surface area contributed by atoms with Gasteiger partial charge in [0, 0.05) is 25.7 Å². The largest absolute Gasteiger partial charge is 0.423 e. The summed E-state index contributed by atoms with van der Waals surface area (Å²) >= 11 is 0. The molecule has 2 aromatic heterocycles. The summed E-state index contributed by atoms with van der Waals surface area (Å²) in [5.41, 5.74) is 6.79. The van der Waals surface area contributed by atoms with Crippen LogP contribution in [0, 0.1) is 0 Å². The van der Waals surface area contributed by atoms with Gasteiger partial charge in [0.1, 0.15) is 11.4 Å². The molecule has 6 nitrogen and oxygen atoms in total. The lowest BCUT2D eigenvalue weighted by Gasteiger charge is -2.32. The van der Waals surface area contributed by atoms with Gasteiger partial charge in [0.15, 0.2) is 0 Å². The standard InChI is InChI=1S/C22H25N5O/c1-2-22(23,15-17-9-4-3-5-10-17)21-26-25-20(28-21)18-11-8-14-27(16-18)19-12-6-7-13-24-19/h2-7,9-10,12-13,18H,1,8,11,14-16,23H2/t18?,22-/m1/s1. The smallest absolute Gasteiger partial charge is 0.240 e. The summed E-state index contributed by atoms with van der Waals surface area (Å²) in [7, 11) is 0. The van der Waals surface area contributed by atoms with Crippen LogP contribution in [0.15, 0.2) is 71.8 Å². The normalized spacial score (nSPS) is 19.2. The Kier molecular flexibility index (Phi) is 5.21. The van der Waals surface area contributed by atoms with Gasteiger partial charge in [-0.2, -0.15) is 0 Å². The molecule has 4 rings (SSSR count). The number of piperidine rings is 1. The molecule has 1 fully saturated rings. The highest BCUT2D eigenvalue weighted by atomic mass is 16.4. The van der Waals surface area contributed by atoms with Crippen LogP contribution in [0.3, 0.4) is 0 Å². The van der Waals surface area contributed by atoms with Gasteiger partial charge >= 0.3 is 0 Å². The average molecular weight is 375 g/mol. The van der Waals surface area contributed by atoms with Gasteiger partial charge in [0.25, 0.3) is 0 Å². The van der Waals surface area contributed by atoms with E-state index in [1.54, 1.807) is 6.08 Å². The minimum Gasteiger partial charge on any atom is -0.423 e. The van der Waals surface area contributed by atoms with E-state index < -0.39 is 5.54 Å². The van der Waals surface area contributed by atoms with Crippen molar-refractivity contribution in [3.05, 3.63) is 84.7 Å². The molecule has 3 aromatic rings. The van der Waals surface area contributed by atoms with Crippen LogP contribution in [0.4, 0.5) is 5.82 Å². The molecule has 28 heavy (non-hydrogen) atoms. The number of nitrogens with zero attached hydrogens (tertiary/aromatic N) is 4. The van der Waals surface area contributed by atoms with Crippen LogP contribution in [0.2, 0.25) is 0 Å². The number of rotatable bonds is 6. The van der Waals surface area contributed by atoms with E-state index in [4.69, 9.17) is 10.2 Å². The first-order chi connectivity index (χ1) is 13.7. The van der Waals surface area contributed by atoms with Crippen LogP contribution in [0.5, 0.6) is 0 Å². The summed E-state index contributed by atoms with van der Waals surface area (Å²) in [5.74, 6) is 2.20. The number of hydrogen-bond acceptors (Lipinski definition) is 6. The number of aromatic nitrogens is 3. The maximum atomic E-state index is 6.58. The maximum absolute atomic E-state index is 6.58. The van der Waals surface area contributed by atoms with Crippen LogP contribution in [-0.4, -0.2) is 28.3 Å². The van der Waals surface area contributed by atoms with Gasteiger partial charge in [0.2, 0.25) is 11.8 Å². The van der Waals surface area contributed by atoms with Crippen molar-refractivity contribution in [2.75, 3.05) is 18.0 Å². The molecule has 1 aliphatic heterocycles. The van der Waals surface area contributed by atoms with Crippen molar-refractivity contribution >= 4 is 5.82 Å². The van der Waals surface area contributed by atoms with Gasteiger partial charge in [-0.1, -0.05) is 42.5 Å². The third-order valence-electron chi connectivity index (χ3n) is 5.29. The second-order valence-corrected chi connectivity index (χ2v) is 7.33. The zero-order valence-corrected chi connectivity index (χ0v) is 15.9. The van der Waals surface area contributed by atoms with E-state index in [0.29, 0.717) is 18.2 Å². The number of benzene rings is 1. The van der Waals surface area contributed by atoms with Gasteiger partial charge in [0.05, 0.1) is 5.92 Å². The lowest BCUT2D eigenvalue weighted by molar-refractivity contribution is 0.336. The number of nitrogens with two attached hydrogens (primary N) is 1. The SMILES string of the molecule is C=C[C@@](N)(Cc1ccccc1)c1nnc(C2CCCN(c3ccccn3)C2)o1. The lowest BCUT2D eigenvalue weighted by atomic mass is 9.92. The van der Waals surface area contributed by atoms with Crippen molar-refractivity contribution < 1.29 is 4.42 Å². The highest BCUT2D eigenvalue weighted by Gasteiger charge is 2.33. The molecule has 6 heteroatoms. The number of hydrogen-bond donors (Lipinski definition) is 1. The molecule has 3 heterocycles. The van der Waals surface area contributed by atoms with Crippen LogP contribution in [0.25, 0.3) is 0 Å². The van der Waals surface area contributed by atoms with Crippen LogP contribution < -0.4 is 10.6 Å². The molecule has 0 amide bonds. The van der Waals surface area contributed by atoms with Crippen LogP contribution in [-0.2, 0) is 12.0 Å². The van der Waals surface area contributed by atoms with E-state index in [0.717, 1.165) is 37.3 Å². The topological polar surface area (TPSA) is 81.1 Å². The third kappa shape index (κ3) is 3.82. The molecule has 1 unspecified atom stereocenters. The molecule has 0 bridgehead atoms. The van der Waals surface area contributed by atoms with E-state index >= 15 is 0 Å². The Bertz CT molecular complexity index is 911. The van der Waals surface area contributed by atoms with Crippen LogP contribution in [0.1, 0.15) is 36.1 Å². The summed E-state index contributed by atoms with van der Waals surface area (Å²) in [6.07, 6.45) is 6.13. The van der Waals surface area contributed by atoms with Crippen molar-refractivity contribution in [1.29, 1.82) is 0 Å². The Labute approximate surface area is 165 Å². The quantitative estimate of drug-likeness (QED) is 0.665. The molecule has 1 aromatic carbocycles. The van der Waals surface area contributed by atoms with Gasteiger partial charge in [-0.15, -0.1) is 16.8 Å². The van der Waals surface area contributed by atoms with Crippen molar-refractivity contribution in [3.63, 3.8) is 0 Å². The molecule has 2 atom stereocenters. The van der Waals surface area contributed by atoms with Gasteiger partial charge in [-0.25, -0.2) is 4.98 Å². The molecular formula is C22H25N5O. The van der Waals surface area contributed by atoms with Crippen molar-refractivity contribution in [3.8, 4) is 0 Å². The predicted octanol–water partition coefficient (Wildman–Crippen LogP) is 3.43. The molecular weight excluding hydrogens is 350 g/mol. The maximum Gasteiger partial charge on any atom is 0.240 e. The first-order valence-corrected chi connectivity index (χ1v) is 9.64. The number of anilines is 1. The molecule has 2 N–H and O–H groups in total. The Hall–Kier alpha value is -2.99. The zero-order valence-electron chi connectivity index (χ0n) is 15.9. The molecule has 144 valence electrons. The van der Waals surface area contributed by atoms with E-state index in [1.165, 1.54) is 0 Å². The minimum atomic E-state index is -0.887. The summed E-state index contributed by atoms with van der Waals surface area (Å²) in [5, 5.41) is 8.61. The van der Waals surface area contributed by atoms with Gasteiger partial charge in [-0.05, 0) is 30.5 Å². The summed E-state index contributed by atoms with van der Waals surface area (Å²) in [6.45, 7) is 5.70. The summed E-state index contributed by atoms with van der Waals surface area (Å²) < 4.78 is 6.07. The van der Waals surface area contributed by atoms with Crippen molar-refractivity contribution in [2.24, 2.45) is 5.73 Å². The lowest BCUT2D eigenvalue weighted by Crippen LogP contribution is -2.37. The fourth-order valence-electron chi connectivity index (χ4n) is 3.68. The first-order valence-electron chi connectivity index (χ1n) is 9.64. The van der Waals surface area contributed by atoms with Crippen molar-refractivity contribution in [1.82, 2.24) is 15.2 Å². The molecule has 1 aliphatic rings. The molecule has 1 saturated heterocycles. The summed E-state index contributed by atoms with van der Waals surface area (Å²) in [4.78, 5) is 6.73. The fraction of sp³-hybridized carbons (Fsp3) is 0.318. The zero-order chi connectivity index (χ0) is 19.4. The Morgan fingerprint density at radius 3 is 2.75 bits per heavy atom. The van der Waals surface area contributed by atoms with Gasteiger partial charge < -0.3 is 15.1 Å². The highest BCUT2D eigenvalue weighted by Crippen LogP contribution is 2.31. The van der Waals surface area contributed by atoms with Crippen molar-refractivity contribution in [2.45, 2.75) is 30.7 Å². The average Bonchev–Trinajstić information content (AvgIpc) is 3.26. The molecule has 0 radical (unpaired) electrons. The summed E-state index contributed by atoms with van der Waals surface area (Å²) in [6, 6.07) is 16.0. The highest BCUT2D eigenvalue weighted by molar-refractivity contribution is 5.38. The first kappa shape index (κ1) is 18.4. The van der Waals surface area contributed by atoms with E-state index in [1.807, 2.05) is 54.7 Å². The second-order valence-electron chi connectivity index (χ2n) is 7.33. The van der Waals surface area contributed by atoms with Crippen LogP contribution >= 0.6 is 0 Å². The predicted molar refractivity (Wildman–Crippen MR) is 109 cm³/mol. The molecule has 0 aliphatic carbocycles. The Morgan fingerprint density at radius 1 is 1.18 bits per heavy atom. The second kappa shape index (κ2) is 7.94. The number of pyridine rings is 1. The Morgan fingerprint density at radius 2 is 2.00 bits per heavy atom. The molecule has 0 spiro atoms. The van der Waals surface area contributed by atoms with E-state index in [-0.39, 0.29) is 5.92 Å². The van der Waals surface area contributed by atoms with E-state index in [9.17, 15) is 0 Å². The molecule has 0 saturated carbocycles. The van der Waals surface area contributed by atoms with Gasteiger partial charge in [-0.3, -0.25) is 0 Å². The monoisotopic (exact) mass is 375 g/mol. The Balaban J connectivity index is 1.52. The minimum absolute atomic E-state index is 0.169. The fourth-order valence-corrected chi connectivity index (χ4v) is 3.68. The van der Waals surface area contributed by atoms with E-state index in [2.05, 4.69) is 26.7 Å².